The smallest absolute Gasteiger partial charge is 0.305 e. The van der Waals surface area contributed by atoms with E-state index in [0.717, 1.165) is 24.8 Å². The predicted octanol–water partition coefficient (Wildman–Crippen LogP) is 3.75. The molecule has 0 aliphatic heterocycles. The highest BCUT2D eigenvalue weighted by Crippen LogP contribution is 2.20. The highest BCUT2D eigenvalue weighted by atomic mass is 19.1. The van der Waals surface area contributed by atoms with Crippen LogP contribution >= 0.6 is 0 Å². The average molecular weight is 296 g/mol. The second-order valence-corrected chi connectivity index (χ2v) is 5.37. The lowest BCUT2D eigenvalue weighted by atomic mass is 9.91. The molecule has 0 bridgehead atoms. The minimum Gasteiger partial charge on any atom is -0.463 e. The van der Waals surface area contributed by atoms with Gasteiger partial charge in [0, 0.05) is 20.1 Å². The van der Waals surface area contributed by atoms with Gasteiger partial charge >= 0.3 is 5.97 Å². The number of carbonyl (C=O) groups is 1. The molecular formula is C17H25FO3. The first-order valence-corrected chi connectivity index (χ1v) is 7.48. The summed E-state index contributed by atoms with van der Waals surface area (Å²) in [6, 6.07) is 6.56. The van der Waals surface area contributed by atoms with E-state index in [1.807, 2.05) is 6.92 Å². The maximum atomic E-state index is 12.9. The fraction of sp³-hybridized carbons (Fsp3) is 0.588. The lowest BCUT2D eigenvalue weighted by Crippen LogP contribution is -2.20. The Morgan fingerprint density at radius 3 is 2.52 bits per heavy atom. The molecule has 0 radical (unpaired) electrons. The summed E-state index contributed by atoms with van der Waals surface area (Å²) in [5.74, 6) is -0.0534. The van der Waals surface area contributed by atoms with Crippen molar-refractivity contribution in [2.45, 2.75) is 45.6 Å². The molecule has 0 aliphatic carbocycles. The summed E-state index contributed by atoms with van der Waals surface area (Å²) in [7, 11) is 1.68. The monoisotopic (exact) mass is 296 g/mol. The molecule has 0 heterocycles. The van der Waals surface area contributed by atoms with Crippen LogP contribution in [0.25, 0.3) is 0 Å². The van der Waals surface area contributed by atoms with Gasteiger partial charge in [-0.1, -0.05) is 19.1 Å². The van der Waals surface area contributed by atoms with Crippen molar-refractivity contribution < 1.29 is 18.7 Å². The Kier molecular flexibility index (Phi) is 7.98. The number of methoxy groups -OCH3 is 1. The van der Waals surface area contributed by atoms with Gasteiger partial charge in [0.2, 0.25) is 0 Å². The van der Waals surface area contributed by atoms with E-state index in [1.165, 1.54) is 12.1 Å². The Morgan fingerprint density at radius 1 is 1.29 bits per heavy atom. The van der Waals surface area contributed by atoms with Crippen LogP contribution in [-0.4, -0.2) is 25.8 Å². The van der Waals surface area contributed by atoms with Crippen molar-refractivity contribution in [3.8, 4) is 0 Å². The highest BCUT2D eigenvalue weighted by Gasteiger charge is 2.16. The van der Waals surface area contributed by atoms with Gasteiger partial charge in [0.1, 0.15) is 5.82 Å². The zero-order valence-electron chi connectivity index (χ0n) is 13.1. The molecule has 1 aromatic carbocycles. The lowest BCUT2D eigenvalue weighted by molar-refractivity contribution is -0.148. The van der Waals surface area contributed by atoms with E-state index in [4.69, 9.17) is 9.47 Å². The van der Waals surface area contributed by atoms with Crippen LogP contribution < -0.4 is 0 Å². The van der Waals surface area contributed by atoms with E-state index in [1.54, 1.807) is 26.2 Å². The Balaban J connectivity index is 2.57. The number of esters is 1. The van der Waals surface area contributed by atoms with Crippen LogP contribution in [0.2, 0.25) is 0 Å². The van der Waals surface area contributed by atoms with Crippen molar-refractivity contribution in [3.63, 3.8) is 0 Å². The van der Waals surface area contributed by atoms with Crippen molar-refractivity contribution in [2.75, 3.05) is 13.7 Å². The molecule has 4 heteroatoms. The summed E-state index contributed by atoms with van der Waals surface area (Å²) in [5.41, 5.74) is 1.09. The van der Waals surface area contributed by atoms with E-state index in [2.05, 4.69) is 0 Å². The number of benzene rings is 1. The van der Waals surface area contributed by atoms with Crippen LogP contribution in [0.15, 0.2) is 24.3 Å². The molecule has 0 saturated heterocycles. The van der Waals surface area contributed by atoms with Crippen molar-refractivity contribution in [3.05, 3.63) is 35.6 Å². The van der Waals surface area contributed by atoms with Gasteiger partial charge in [-0.05, 0) is 49.8 Å². The molecule has 0 saturated carbocycles. The van der Waals surface area contributed by atoms with Crippen LogP contribution in [0.3, 0.4) is 0 Å². The van der Waals surface area contributed by atoms with Crippen LogP contribution in [0.1, 0.15) is 38.7 Å². The minimum atomic E-state index is -0.225. The first-order valence-electron chi connectivity index (χ1n) is 7.48. The second kappa shape index (κ2) is 9.50. The predicted molar refractivity (Wildman–Crippen MR) is 80.5 cm³/mol. The summed E-state index contributed by atoms with van der Waals surface area (Å²) in [5, 5.41) is 0. The molecule has 0 amide bonds. The molecule has 1 rings (SSSR count). The number of hydrogen-bond acceptors (Lipinski definition) is 3. The normalized spacial score (nSPS) is 13.7. The average Bonchev–Trinajstić information content (AvgIpc) is 2.46. The van der Waals surface area contributed by atoms with Crippen LogP contribution in [0, 0.1) is 11.7 Å². The van der Waals surface area contributed by atoms with Crippen molar-refractivity contribution >= 4 is 5.97 Å². The Hall–Kier alpha value is -1.42. The molecule has 0 N–H and O–H groups in total. The Bertz CT molecular complexity index is 417. The molecule has 0 aromatic heterocycles. The third kappa shape index (κ3) is 7.23. The van der Waals surface area contributed by atoms with Gasteiger partial charge in [-0.15, -0.1) is 0 Å². The number of halogens is 1. The molecule has 0 fully saturated rings. The minimum absolute atomic E-state index is 0.111. The van der Waals surface area contributed by atoms with Crippen LogP contribution in [0.5, 0.6) is 0 Å². The fourth-order valence-corrected chi connectivity index (χ4v) is 2.37. The fourth-order valence-electron chi connectivity index (χ4n) is 2.37. The molecule has 2 atom stereocenters. The van der Waals surface area contributed by atoms with Crippen molar-refractivity contribution in [1.82, 2.24) is 0 Å². The summed E-state index contributed by atoms with van der Waals surface area (Å²) in [6.07, 6.45) is 2.79. The number of hydrogen-bond donors (Lipinski definition) is 0. The maximum absolute atomic E-state index is 12.9. The Morgan fingerprint density at radius 2 is 1.95 bits per heavy atom. The molecule has 21 heavy (non-hydrogen) atoms. The van der Waals surface area contributed by atoms with Gasteiger partial charge in [-0.3, -0.25) is 4.79 Å². The molecule has 1 aromatic rings. The summed E-state index contributed by atoms with van der Waals surface area (Å²) in [6.45, 7) is 4.37. The van der Waals surface area contributed by atoms with E-state index in [-0.39, 0.29) is 17.9 Å². The molecule has 3 nitrogen and oxygen atoms in total. The number of ether oxygens (including phenoxy) is 2. The third-order valence-corrected chi connectivity index (χ3v) is 3.45. The highest BCUT2D eigenvalue weighted by molar-refractivity contribution is 5.69. The van der Waals surface area contributed by atoms with Gasteiger partial charge in [0.25, 0.3) is 0 Å². The molecular weight excluding hydrogens is 271 g/mol. The zero-order valence-corrected chi connectivity index (χ0v) is 13.1. The zero-order chi connectivity index (χ0) is 15.7. The Labute approximate surface area is 126 Å². The summed E-state index contributed by atoms with van der Waals surface area (Å²) >= 11 is 0. The van der Waals surface area contributed by atoms with Crippen molar-refractivity contribution in [2.24, 2.45) is 5.92 Å². The molecule has 118 valence electrons. The largest absolute Gasteiger partial charge is 0.463 e. The molecule has 0 aliphatic rings. The van der Waals surface area contributed by atoms with Crippen molar-refractivity contribution in [1.29, 1.82) is 0 Å². The number of carbonyl (C=O) groups excluding carboxylic acids is 1. The quantitative estimate of drug-likeness (QED) is 0.651. The van der Waals surface area contributed by atoms with Gasteiger partial charge in [0.05, 0.1) is 6.10 Å². The molecule has 2 unspecified atom stereocenters. The first kappa shape index (κ1) is 17.6. The maximum Gasteiger partial charge on any atom is 0.305 e. The third-order valence-electron chi connectivity index (χ3n) is 3.45. The number of rotatable bonds is 9. The topological polar surface area (TPSA) is 35.5 Å². The second-order valence-electron chi connectivity index (χ2n) is 5.37. The van der Waals surface area contributed by atoms with E-state index < -0.39 is 0 Å². The van der Waals surface area contributed by atoms with E-state index >= 15 is 0 Å². The SMILES string of the molecule is CCC(=O)OC(C)CC(CCOC)Cc1ccc(F)cc1. The van der Waals surface area contributed by atoms with Gasteiger partial charge in [-0.25, -0.2) is 4.39 Å². The van der Waals surface area contributed by atoms with E-state index in [0.29, 0.717) is 18.9 Å². The standard InChI is InChI=1S/C17H25FO3/c1-4-17(19)21-13(2)11-15(9-10-20-3)12-14-5-7-16(18)8-6-14/h5-8,13,15H,4,9-12H2,1-3H3. The van der Waals surface area contributed by atoms with Gasteiger partial charge < -0.3 is 9.47 Å². The summed E-state index contributed by atoms with van der Waals surface area (Å²) in [4.78, 5) is 11.3. The lowest BCUT2D eigenvalue weighted by Gasteiger charge is -2.21. The first-order chi connectivity index (χ1) is 10.0. The van der Waals surface area contributed by atoms with Gasteiger partial charge in [0.15, 0.2) is 0 Å². The molecule has 0 spiro atoms. The van der Waals surface area contributed by atoms with Crippen LogP contribution in [0.4, 0.5) is 4.39 Å². The van der Waals surface area contributed by atoms with Gasteiger partial charge in [-0.2, -0.15) is 0 Å². The van der Waals surface area contributed by atoms with E-state index in [9.17, 15) is 9.18 Å². The summed E-state index contributed by atoms with van der Waals surface area (Å²) < 4.78 is 23.4. The van der Waals surface area contributed by atoms with Crippen LogP contribution in [-0.2, 0) is 20.7 Å².